The molecule has 0 unspecified atom stereocenters. The van der Waals surface area contributed by atoms with Crippen LogP contribution in [0.25, 0.3) is 0 Å². The van der Waals surface area contributed by atoms with Crippen molar-refractivity contribution in [2.24, 2.45) is 0 Å². The van der Waals surface area contributed by atoms with Gasteiger partial charge in [-0.05, 0) is 44.0 Å². The lowest BCUT2D eigenvalue weighted by atomic mass is 9.91. The molecule has 0 bridgehead atoms. The molecule has 2 aromatic rings. The average molecular weight is 445 g/mol. The minimum Gasteiger partial charge on any atom is -0.464 e. The molecule has 1 saturated carbocycles. The summed E-state index contributed by atoms with van der Waals surface area (Å²) in [6.45, 7) is 1.83. The fraction of sp³-hybridized carbons (Fsp3) is 0.455. The molecule has 0 radical (unpaired) electrons. The van der Waals surface area contributed by atoms with Crippen LogP contribution in [-0.4, -0.2) is 46.3 Å². The first-order valence-corrected chi connectivity index (χ1v) is 10.8. The highest BCUT2D eigenvalue weighted by Crippen LogP contribution is 2.34. The number of aromatic nitrogens is 2. The molecule has 1 aliphatic heterocycles. The van der Waals surface area contributed by atoms with Gasteiger partial charge < -0.3 is 10.1 Å². The van der Waals surface area contributed by atoms with E-state index >= 15 is 0 Å². The summed E-state index contributed by atoms with van der Waals surface area (Å²) in [6, 6.07) is 8.25. The van der Waals surface area contributed by atoms with Crippen LogP contribution in [0.5, 0.6) is 0 Å². The molecular formula is C22H25ClN4O4. The van der Waals surface area contributed by atoms with Gasteiger partial charge in [0.1, 0.15) is 11.2 Å². The zero-order valence-electron chi connectivity index (χ0n) is 17.6. The van der Waals surface area contributed by atoms with Crippen LogP contribution in [0.2, 0.25) is 5.02 Å². The zero-order valence-corrected chi connectivity index (χ0v) is 18.3. The third-order valence-corrected chi connectivity index (χ3v) is 6.31. The van der Waals surface area contributed by atoms with Gasteiger partial charge in [-0.3, -0.25) is 19.2 Å². The molecule has 1 N–H and O–H groups in total. The highest BCUT2D eigenvalue weighted by atomic mass is 35.5. The third kappa shape index (κ3) is 3.92. The number of methoxy groups -OCH3 is 1. The summed E-state index contributed by atoms with van der Waals surface area (Å²) >= 11 is 6.04. The van der Waals surface area contributed by atoms with Gasteiger partial charge in [0.25, 0.3) is 5.91 Å². The molecule has 1 atom stereocenters. The van der Waals surface area contributed by atoms with Crippen molar-refractivity contribution in [3.05, 3.63) is 46.7 Å². The summed E-state index contributed by atoms with van der Waals surface area (Å²) in [4.78, 5) is 40.5. The van der Waals surface area contributed by atoms with Crippen LogP contribution in [0.4, 0.5) is 5.69 Å². The number of anilines is 1. The van der Waals surface area contributed by atoms with Gasteiger partial charge >= 0.3 is 5.97 Å². The molecule has 0 spiro atoms. The molecule has 1 aliphatic carbocycles. The molecule has 2 amide bonds. The number of carbonyl (C=O) groups excluding carboxylic acids is 3. The van der Waals surface area contributed by atoms with Gasteiger partial charge in [0.05, 0.1) is 13.7 Å². The Morgan fingerprint density at radius 2 is 1.87 bits per heavy atom. The van der Waals surface area contributed by atoms with Crippen molar-refractivity contribution in [2.75, 3.05) is 12.0 Å². The fourth-order valence-electron chi connectivity index (χ4n) is 4.37. The smallest absolute Gasteiger partial charge is 0.358 e. The predicted octanol–water partition coefficient (Wildman–Crippen LogP) is 3.19. The minimum absolute atomic E-state index is 0.0267. The van der Waals surface area contributed by atoms with Gasteiger partial charge in [-0.1, -0.05) is 30.9 Å². The van der Waals surface area contributed by atoms with Gasteiger partial charge in [0.2, 0.25) is 5.91 Å². The first-order chi connectivity index (χ1) is 14.8. The number of ether oxygens (including phenoxy) is 1. The van der Waals surface area contributed by atoms with E-state index in [4.69, 9.17) is 16.3 Å². The lowest BCUT2D eigenvalue weighted by Crippen LogP contribution is -2.65. The lowest BCUT2D eigenvalue weighted by molar-refractivity contribution is -0.127. The first kappa shape index (κ1) is 21.4. The highest BCUT2D eigenvalue weighted by molar-refractivity contribution is 6.30. The van der Waals surface area contributed by atoms with Crippen LogP contribution >= 0.6 is 11.6 Å². The molecule has 164 valence electrons. The van der Waals surface area contributed by atoms with Crippen LogP contribution in [0.15, 0.2) is 30.3 Å². The Bertz CT molecular complexity index is 1010. The maximum atomic E-state index is 13.5. The molecule has 1 fully saturated rings. The SMILES string of the molecule is COC(=O)c1cc2n(n1)C[C@@](C)(C(=O)NC1CCCCC1)N(c1ccc(Cl)cc1)C2=O. The maximum absolute atomic E-state index is 13.5. The number of hydrogen-bond acceptors (Lipinski definition) is 5. The Balaban J connectivity index is 1.75. The van der Waals surface area contributed by atoms with Crippen molar-refractivity contribution < 1.29 is 19.1 Å². The number of hydrogen-bond donors (Lipinski definition) is 1. The van der Waals surface area contributed by atoms with Crippen molar-refractivity contribution in [2.45, 2.75) is 57.2 Å². The fourth-order valence-corrected chi connectivity index (χ4v) is 4.49. The second-order valence-corrected chi connectivity index (χ2v) is 8.70. The van der Waals surface area contributed by atoms with Gasteiger partial charge in [0.15, 0.2) is 5.69 Å². The van der Waals surface area contributed by atoms with E-state index in [1.54, 1.807) is 31.2 Å². The molecule has 1 aromatic heterocycles. The average Bonchev–Trinajstić information content (AvgIpc) is 3.19. The summed E-state index contributed by atoms with van der Waals surface area (Å²) in [5.41, 5.74) is -0.450. The van der Waals surface area contributed by atoms with E-state index in [-0.39, 0.29) is 29.9 Å². The Hall–Kier alpha value is -2.87. The molecule has 0 saturated heterocycles. The molecule has 31 heavy (non-hydrogen) atoms. The van der Waals surface area contributed by atoms with Crippen molar-refractivity contribution >= 4 is 35.1 Å². The van der Waals surface area contributed by atoms with Crippen LogP contribution in [0.3, 0.4) is 0 Å². The number of amides is 2. The van der Waals surface area contributed by atoms with E-state index in [1.807, 2.05) is 0 Å². The number of halogens is 1. The number of rotatable bonds is 4. The van der Waals surface area contributed by atoms with Crippen molar-refractivity contribution in [3.63, 3.8) is 0 Å². The van der Waals surface area contributed by atoms with Crippen LogP contribution in [-0.2, 0) is 16.1 Å². The second-order valence-electron chi connectivity index (χ2n) is 8.26. The van der Waals surface area contributed by atoms with Crippen LogP contribution in [0.1, 0.15) is 60.0 Å². The van der Waals surface area contributed by atoms with E-state index in [1.165, 1.54) is 29.2 Å². The van der Waals surface area contributed by atoms with Gasteiger partial charge in [-0.25, -0.2) is 4.79 Å². The standard InChI is InChI=1S/C22H25ClN4O4/c1-22(21(30)24-15-6-4-3-5-7-15)13-26-18(12-17(25-26)20(29)31-2)19(28)27(22)16-10-8-14(23)9-11-16/h8-12,15H,3-7,13H2,1-2H3,(H,24,30)/t22-/m0/s1. The first-order valence-electron chi connectivity index (χ1n) is 10.4. The van der Waals surface area contributed by atoms with E-state index in [0.29, 0.717) is 10.7 Å². The number of nitrogens with one attached hydrogen (secondary N) is 1. The summed E-state index contributed by atoms with van der Waals surface area (Å²) < 4.78 is 6.16. The van der Waals surface area contributed by atoms with Crippen molar-refractivity contribution in [3.8, 4) is 0 Å². The summed E-state index contributed by atoms with van der Waals surface area (Å²) in [6.07, 6.45) is 5.18. The number of fused-ring (bicyclic) bond motifs is 1. The second kappa shape index (κ2) is 8.34. The Labute approximate surface area is 185 Å². The van der Waals surface area contributed by atoms with E-state index in [2.05, 4.69) is 10.4 Å². The van der Waals surface area contributed by atoms with E-state index < -0.39 is 17.4 Å². The molecule has 2 heterocycles. The maximum Gasteiger partial charge on any atom is 0.358 e. The Morgan fingerprint density at radius 1 is 1.19 bits per heavy atom. The van der Waals surface area contributed by atoms with E-state index in [9.17, 15) is 14.4 Å². The normalized spacial score (nSPS) is 21.5. The number of benzene rings is 1. The summed E-state index contributed by atoms with van der Waals surface area (Å²) in [5.74, 6) is -1.30. The van der Waals surface area contributed by atoms with Crippen LogP contribution in [0, 0.1) is 0 Å². The third-order valence-electron chi connectivity index (χ3n) is 6.06. The zero-order chi connectivity index (χ0) is 22.2. The number of nitrogens with zero attached hydrogens (tertiary/aromatic N) is 3. The van der Waals surface area contributed by atoms with Gasteiger partial charge in [-0.15, -0.1) is 0 Å². The highest BCUT2D eigenvalue weighted by Gasteiger charge is 2.49. The van der Waals surface area contributed by atoms with Gasteiger partial charge in [0, 0.05) is 22.8 Å². The van der Waals surface area contributed by atoms with Gasteiger partial charge in [-0.2, -0.15) is 5.10 Å². The largest absolute Gasteiger partial charge is 0.464 e. The van der Waals surface area contributed by atoms with Crippen molar-refractivity contribution in [1.82, 2.24) is 15.1 Å². The lowest BCUT2D eigenvalue weighted by Gasteiger charge is -2.44. The quantitative estimate of drug-likeness (QED) is 0.731. The molecular weight excluding hydrogens is 420 g/mol. The van der Waals surface area contributed by atoms with Crippen molar-refractivity contribution in [1.29, 1.82) is 0 Å². The molecule has 8 nitrogen and oxygen atoms in total. The summed E-state index contributed by atoms with van der Waals surface area (Å²) in [5, 5.41) is 7.90. The molecule has 2 aliphatic rings. The number of carbonyl (C=O) groups is 3. The predicted molar refractivity (Wildman–Crippen MR) is 115 cm³/mol. The summed E-state index contributed by atoms with van der Waals surface area (Å²) in [7, 11) is 1.25. The molecule has 1 aromatic carbocycles. The molecule has 4 rings (SSSR count). The number of esters is 1. The van der Waals surface area contributed by atoms with E-state index in [0.717, 1.165) is 25.7 Å². The minimum atomic E-state index is -1.24. The topological polar surface area (TPSA) is 93.5 Å². The Morgan fingerprint density at radius 3 is 2.52 bits per heavy atom. The Kier molecular flexibility index (Phi) is 5.75. The van der Waals surface area contributed by atoms with Crippen LogP contribution < -0.4 is 10.2 Å². The molecule has 9 heteroatoms. The monoisotopic (exact) mass is 444 g/mol.